The van der Waals surface area contributed by atoms with Gasteiger partial charge in [0.15, 0.2) is 11.5 Å². The van der Waals surface area contributed by atoms with Crippen LogP contribution in [0.1, 0.15) is 56.2 Å². The van der Waals surface area contributed by atoms with Gasteiger partial charge in [-0.3, -0.25) is 0 Å². The SMILES string of the molecule is [C-]#[N+]c1cc(-n2c3cc(-c4ccc(C(F)(F)F)cc4C(F)(F)F)ccc3c3ccc(-c4ccc(C(F)(F)F)cc4C(F)(F)F)cc32)c(-n2c3cc(-c4ccc(C(F)(F)F)cc4C(F)(F)F)ccc3c3ccc(-c4ccc(C(F)(F)F)cc4C(F)(F)F)cc32)cc1-c1nc(C)nc(C)n1. The highest BCUT2D eigenvalue weighted by Gasteiger charge is 2.43. The number of rotatable bonds is 7. The smallest absolute Gasteiger partial charge is 0.308 e. The number of halogens is 24. The Balaban J connectivity index is 1.29. The van der Waals surface area contributed by atoms with E-state index in [0.29, 0.717) is 48.5 Å². The minimum absolute atomic E-state index is 0.0142. The first-order chi connectivity index (χ1) is 45.4. The zero-order valence-corrected chi connectivity index (χ0v) is 48.8. The molecule has 0 saturated carbocycles. The number of nitrogens with zero attached hydrogens (tertiary/aromatic N) is 6. The fraction of sp³-hybridized carbons (Fsp3) is 0.147. The van der Waals surface area contributed by atoms with E-state index in [1.165, 1.54) is 13.8 Å². The number of aromatic nitrogens is 5. The van der Waals surface area contributed by atoms with E-state index in [9.17, 15) is 52.7 Å². The number of hydrogen-bond acceptors (Lipinski definition) is 3. The highest BCUT2D eigenvalue weighted by atomic mass is 19.4. The molecule has 0 fully saturated rings. The van der Waals surface area contributed by atoms with E-state index in [0.717, 1.165) is 94.1 Å². The fourth-order valence-electron chi connectivity index (χ4n) is 12.0. The van der Waals surface area contributed by atoms with Crippen LogP contribution in [-0.2, 0) is 49.4 Å². The maximum absolute atomic E-state index is 15.1. The van der Waals surface area contributed by atoms with Crippen LogP contribution in [0.2, 0.25) is 0 Å². The largest absolute Gasteiger partial charge is 0.417 e. The first-order valence-electron chi connectivity index (χ1n) is 28.0. The predicted octanol–water partition coefficient (Wildman–Crippen LogP) is 23.7. The van der Waals surface area contributed by atoms with E-state index in [1.54, 1.807) is 0 Å². The number of fused-ring (bicyclic) bond motifs is 6. The van der Waals surface area contributed by atoms with Gasteiger partial charge < -0.3 is 9.13 Å². The summed E-state index contributed by atoms with van der Waals surface area (Å²) in [5.41, 5.74) is -23.4. The van der Waals surface area contributed by atoms with Gasteiger partial charge in [-0.2, -0.15) is 105 Å². The molecule has 0 aliphatic carbocycles. The van der Waals surface area contributed by atoms with Crippen molar-refractivity contribution < 1.29 is 105 Å². The molecule has 12 aromatic rings. The Kier molecular flexibility index (Phi) is 15.6. The standard InChI is InChI=1S/C68H32F24N6/c1-30-94-31(2)96-60(95-30)48-28-58(97-54-20-32(40-16-8-36(61(69,70)71)24-49(40)65(81,82)83)4-12-44(54)45-13-5-33(21-55(45)97)41-17-9-37(62(72,73)74)25-50(41)66(84,85)86)59(29-53(48)93-3)98-56-22-34(42-18-10-38(63(75,76)77)26-51(42)67(87,88)89)6-14-46(56)47-15-7-35(23-57(47)98)43-19-11-39(64(78,79)80)27-52(43)68(90,91)92/h4-29H,1-2H3. The van der Waals surface area contributed by atoms with E-state index < -0.39 is 155 Å². The summed E-state index contributed by atoms with van der Waals surface area (Å²) in [6.07, 6.45) is -43.6. The zero-order chi connectivity index (χ0) is 71.3. The Labute approximate surface area is 533 Å². The van der Waals surface area contributed by atoms with Gasteiger partial charge in [0.25, 0.3) is 0 Å². The number of hydrogen-bond donors (Lipinski definition) is 0. The lowest BCUT2D eigenvalue weighted by Gasteiger charge is -2.21. The summed E-state index contributed by atoms with van der Waals surface area (Å²) in [6.45, 7) is 11.4. The quantitative estimate of drug-likeness (QED) is 0.118. The molecule has 0 spiro atoms. The van der Waals surface area contributed by atoms with Crippen molar-refractivity contribution in [1.29, 1.82) is 0 Å². The van der Waals surface area contributed by atoms with Crippen LogP contribution in [0.4, 0.5) is 111 Å². The second-order valence-corrected chi connectivity index (χ2v) is 22.3. The summed E-state index contributed by atoms with van der Waals surface area (Å²) in [4.78, 5) is 16.6. The number of benzene rings is 9. The van der Waals surface area contributed by atoms with Crippen molar-refractivity contribution in [2.24, 2.45) is 0 Å². The molecule has 9 aromatic carbocycles. The van der Waals surface area contributed by atoms with Crippen molar-refractivity contribution in [2.75, 3.05) is 0 Å². The fourth-order valence-corrected chi connectivity index (χ4v) is 12.0. The summed E-state index contributed by atoms with van der Waals surface area (Å²) in [5, 5.41) is -0.330. The van der Waals surface area contributed by atoms with Gasteiger partial charge in [0.2, 0.25) is 0 Å². The number of aryl methyl sites for hydroxylation is 2. The Morgan fingerprint density at radius 2 is 0.541 bits per heavy atom. The molecule has 98 heavy (non-hydrogen) atoms. The van der Waals surface area contributed by atoms with Crippen LogP contribution in [0, 0.1) is 20.4 Å². The summed E-state index contributed by atoms with van der Waals surface area (Å²) in [7, 11) is 0. The molecule has 0 N–H and O–H groups in total. The Bertz CT molecular complexity index is 5030. The maximum atomic E-state index is 15.1. The van der Waals surface area contributed by atoms with Gasteiger partial charge in [-0.25, -0.2) is 19.8 Å². The van der Waals surface area contributed by atoms with Crippen LogP contribution in [0.3, 0.4) is 0 Å². The molecule has 0 atom stereocenters. The first kappa shape index (κ1) is 67.4. The third-order valence-corrected chi connectivity index (χ3v) is 16.2. The molecule has 0 aliphatic heterocycles. The number of alkyl halides is 24. The van der Waals surface area contributed by atoms with Gasteiger partial charge in [0, 0.05) is 27.1 Å². The molecule has 3 heterocycles. The van der Waals surface area contributed by atoms with Crippen molar-refractivity contribution in [1.82, 2.24) is 24.1 Å². The Morgan fingerprint density at radius 1 is 0.286 bits per heavy atom. The minimum Gasteiger partial charge on any atom is -0.308 e. The Hall–Kier alpha value is -10.6. The van der Waals surface area contributed by atoms with Crippen molar-refractivity contribution in [3.63, 3.8) is 0 Å². The Morgan fingerprint density at radius 3 is 0.776 bits per heavy atom. The van der Waals surface area contributed by atoms with Crippen molar-refractivity contribution >= 4 is 49.3 Å². The molecular formula is C68H32F24N6. The van der Waals surface area contributed by atoms with Crippen LogP contribution < -0.4 is 0 Å². The molecular weight excluding hydrogens is 1360 g/mol. The van der Waals surface area contributed by atoms with E-state index in [2.05, 4.69) is 19.8 Å². The molecule has 0 unspecified atom stereocenters. The van der Waals surface area contributed by atoms with Gasteiger partial charge in [0.1, 0.15) is 11.6 Å². The lowest BCUT2D eigenvalue weighted by Crippen LogP contribution is -2.12. The maximum Gasteiger partial charge on any atom is 0.417 e. The van der Waals surface area contributed by atoms with E-state index >= 15 is 52.7 Å². The highest BCUT2D eigenvalue weighted by molar-refractivity contribution is 6.14. The second kappa shape index (κ2) is 22.8. The van der Waals surface area contributed by atoms with Crippen LogP contribution in [0.5, 0.6) is 0 Å². The summed E-state index contributed by atoms with van der Waals surface area (Å²) in [6, 6.07) is 17.0. The van der Waals surface area contributed by atoms with Gasteiger partial charge in [-0.15, -0.1) is 0 Å². The van der Waals surface area contributed by atoms with Gasteiger partial charge >= 0.3 is 49.4 Å². The van der Waals surface area contributed by atoms with Crippen molar-refractivity contribution in [2.45, 2.75) is 63.3 Å². The lowest BCUT2D eigenvalue weighted by molar-refractivity contribution is -0.144. The molecule has 6 nitrogen and oxygen atoms in total. The third-order valence-electron chi connectivity index (χ3n) is 16.2. The average molecular weight is 1390 g/mol. The van der Waals surface area contributed by atoms with Crippen LogP contribution in [-0.4, -0.2) is 24.1 Å². The van der Waals surface area contributed by atoms with Gasteiger partial charge in [0.05, 0.1) is 84.5 Å². The van der Waals surface area contributed by atoms with Crippen molar-refractivity contribution in [3.05, 3.63) is 225 Å². The molecule has 0 radical (unpaired) electrons. The zero-order valence-electron chi connectivity index (χ0n) is 48.8. The molecule has 0 aliphatic rings. The van der Waals surface area contributed by atoms with Gasteiger partial charge in [-0.1, -0.05) is 72.8 Å². The van der Waals surface area contributed by atoms with E-state index in [-0.39, 0.29) is 90.9 Å². The second-order valence-electron chi connectivity index (χ2n) is 22.3. The normalized spacial score (nSPS) is 13.2. The van der Waals surface area contributed by atoms with Crippen LogP contribution >= 0.6 is 0 Å². The molecule has 12 rings (SSSR count). The highest BCUT2D eigenvalue weighted by Crippen LogP contribution is 2.51. The monoisotopic (exact) mass is 1390 g/mol. The molecule has 0 saturated heterocycles. The van der Waals surface area contributed by atoms with Crippen LogP contribution in [0.15, 0.2) is 158 Å². The van der Waals surface area contributed by atoms with Crippen molar-refractivity contribution in [3.8, 4) is 67.3 Å². The molecule has 0 amide bonds. The van der Waals surface area contributed by atoms with Gasteiger partial charge in [-0.05, 0) is 143 Å². The molecule has 30 heteroatoms. The lowest BCUT2D eigenvalue weighted by atomic mass is 9.95. The third kappa shape index (κ3) is 12.2. The summed E-state index contributed by atoms with van der Waals surface area (Å²) in [5.74, 6) is -0.370. The molecule has 3 aromatic heterocycles. The van der Waals surface area contributed by atoms with E-state index in [1.807, 2.05) is 0 Å². The van der Waals surface area contributed by atoms with E-state index in [4.69, 9.17) is 6.57 Å². The molecule has 0 bridgehead atoms. The predicted molar refractivity (Wildman–Crippen MR) is 311 cm³/mol. The average Bonchev–Trinajstić information content (AvgIpc) is 1.52. The summed E-state index contributed by atoms with van der Waals surface area (Å²) >= 11 is 0. The first-order valence-corrected chi connectivity index (χ1v) is 28.0. The van der Waals surface area contributed by atoms with Crippen LogP contribution in [0.25, 0.3) is 116 Å². The minimum atomic E-state index is -5.56. The summed E-state index contributed by atoms with van der Waals surface area (Å²) < 4.78 is 353. The molecule has 502 valence electrons. The topological polar surface area (TPSA) is 52.9 Å².